The number of esters is 1. The van der Waals surface area contributed by atoms with Gasteiger partial charge in [0, 0.05) is 12.5 Å². The molecular weight excluding hydrogens is 384 g/mol. The molecule has 2 atom stereocenters. The fourth-order valence-corrected chi connectivity index (χ4v) is 4.30. The fourth-order valence-electron chi connectivity index (χ4n) is 2.86. The van der Waals surface area contributed by atoms with E-state index in [1.54, 1.807) is 0 Å². The highest BCUT2D eigenvalue weighted by atomic mass is 32.2. The Morgan fingerprint density at radius 2 is 2.07 bits per heavy atom. The van der Waals surface area contributed by atoms with E-state index in [1.807, 2.05) is 0 Å². The molecule has 2 aliphatic heterocycles. The highest BCUT2D eigenvalue weighted by molar-refractivity contribution is 7.89. The second-order valence-corrected chi connectivity index (χ2v) is 7.80. The van der Waals surface area contributed by atoms with Gasteiger partial charge >= 0.3 is 17.7 Å². The number of benzene rings is 1. The van der Waals surface area contributed by atoms with Crippen LogP contribution >= 0.6 is 0 Å². The normalized spacial score (nSPS) is 25.7. The summed E-state index contributed by atoms with van der Waals surface area (Å²) >= 11 is 0. The maximum Gasteiger partial charge on any atom is 0.372 e. The van der Waals surface area contributed by atoms with E-state index in [0.29, 0.717) is 10.6 Å². The Labute approximate surface area is 153 Å². The van der Waals surface area contributed by atoms with Crippen molar-refractivity contribution < 1.29 is 42.6 Å². The molecule has 1 aromatic rings. The number of carbonyl (C=O) groups excluding carboxylic acids is 2. The first kappa shape index (κ1) is 19.1. The Morgan fingerprint density at radius 1 is 1.37 bits per heavy atom. The van der Waals surface area contributed by atoms with E-state index < -0.39 is 46.2 Å². The van der Waals surface area contributed by atoms with Gasteiger partial charge in [0.1, 0.15) is 18.4 Å². The van der Waals surface area contributed by atoms with Crippen LogP contribution < -0.4 is 4.72 Å². The van der Waals surface area contributed by atoms with Gasteiger partial charge in [-0.05, 0) is 18.6 Å². The Kier molecular flexibility index (Phi) is 4.57. The zero-order valence-electron chi connectivity index (χ0n) is 14.0. The molecule has 0 spiro atoms. The third-order valence-corrected chi connectivity index (χ3v) is 5.85. The average molecular weight is 400 g/mol. The SMILES string of the molecule is Cc1ccc(O)cc1S(=O)(=O)N[C@H]1CON(C2(C(=O)O)CCC(=O)O2)C1=O. The van der Waals surface area contributed by atoms with Gasteiger partial charge in [-0.1, -0.05) is 6.07 Å². The molecular formula is C15H16N2O9S. The lowest BCUT2D eigenvalue weighted by Crippen LogP contribution is -2.56. The van der Waals surface area contributed by atoms with E-state index in [1.165, 1.54) is 19.1 Å². The molecule has 2 fully saturated rings. The van der Waals surface area contributed by atoms with Crippen molar-refractivity contribution in [1.29, 1.82) is 0 Å². The number of carboxylic acids is 1. The first-order chi connectivity index (χ1) is 12.6. The lowest BCUT2D eigenvalue weighted by Gasteiger charge is -2.30. The number of amides is 1. The number of phenolic OH excluding ortho intramolecular Hbond substituents is 1. The van der Waals surface area contributed by atoms with E-state index in [0.717, 1.165) is 6.07 Å². The van der Waals surface area contributed by atoms with Gasteiger partial charge in [-0.25, -0.2) is 13.2 Å². The van der Waals surface area contributed by atoms with Gasteiger partial charge < -0.3 is 14.9 Å². The Hall–Kier alpha value is -2.70. The van der Waals surface area contributed by atoms with Crippen LogP contribution in [-0.4, -0.2) is 59.9 Å². The molecule has 2 saturated heterocycles. The van der Waals surface area contributed by atoms with Gasteiger partial charge in [0.15, 0.2) is 0 Å². The number of aryl methyl sites for hydroxylation is 1. The van der Waals surface area contributed by atoms with Crippen molar-refractivity contribution in [3.8, 4) is 5.75 Å². The smallest absolute Gasteiger partial charge is 0.372 e. The number of aromatic hydroxyl groups is 1. The van der Waals surface area contributed by atoms with Crippen molar-refractivity contribution in [1.82, 2.24) is 9.79 Å². The first-order valence-corrected chi connectivity index (χ1v) is 9.29. The third kappa shape index (κ3) is 3.22. The molecule has 2 heterocycles. The highest BCUT2D eigenvalue weighted by Gasteiger charge is 2.59. The predicted octanol–water partition coefficient (Wildman–Crippen LogP) is -0.761. The minimum atomic E-state index is -4.22. The van der Waals surface area contributed by atoms with Gasteiger partial charge in [-0.15, -0.1) is 0 Å². The molecule has 0 bridgehead atoms. The number of rotatable bonds is 5. The average Bonchev–Trinajstić information content (AvgIpc) is 3.14. The molecule has 0 aromatic heterocycles. The van der Waals surface area contributed by atoms with Crippen LogP contribution in [0.3, 0.4) is 0 Å². The lowest BCUT2D eigenvalue weighted by atomic mass is 10.1. The molecule has 3 rings (SSSR count). The summed E-state index contributed by atoms with van der Waals surface area (Å²) in [6.45, 7) is 1.02. The maximum absolute atomic E-state index is 12.6. The molecule has 11 nitrogen and oxygen atoms in total. The largest absolute Gasteiger partial charge is 0.508 e. The molecule has 0 aliphatic carbocycles. The number of hydrogen-bond donors (Lipinski definition) is 3. The second kappa shape index (κ2) is 6.48. The molecule has 3 N–H and O–H groups in total. The number of carbonyl (C=O) groups is 3. The van der Waals surface area contributed by atoms with Gasteiger partial charge in [-0.3, -0.25) is 14.4 Å². The highest BCUT2D eigenvalue weighted by Crippen LogP contribution is 2.34. The molecule has 1 amide bonds. The van der Waals surface area contributed by atoms with Crippen LogP contribution in [0.1, 0.15) is 18.4 Å². The number of hydroxylamine groups is 2. The van der Waals surface area contributed by atoms with Crippen LogP contribution in [0.15, 0.2) is 23.1 Å². The Balaban J connectivity index is 1.84. The number of phenols is 1. The summed E-state index contributed by atoms with van der Waals surface area (Å²) in [4.78, 5) is 40.3. The number of cyclic esters (lactones) is 1. The molecule has 27 heavy (non-hydrogen) atoms. The Morgan fingerprint density at radius 3 is 2.67 bits per heavy atom. The topological polar surface area (TPSA) is 160 Å². The molecule has 12 heteroatoms. The fraction of sp³-hybridized carbons (Fsp3) is 0.400. The quantitative estimate of drug-likeness (QED) is 0.540. The number of hydrogen-bond acceptors (Lipinski definition) is 8. The summed E-state index contributed by atoms with van der Waals surface area (Å²) in [6.07, 6.45) is -0.545. The molecule has 1 aromatic carbocycles. The van der Waals surface area contributed by atoms with Gasteiger partial charge in [0.2, 0.25) is 10.0 Å². The summed E-state index contributed by atoms with van der Waals surface area (Å²) in [5, 5.41) is 19.3. The van der Waals surface area contributed by atoms with E-state index >= 15 is 0 Å². The zero-order valence-corrected chi connectivity index (χ0v) is 14.9. The first-order valence-electron chi connectivity index (χ1n) is 7.81. The number of nitrogens with zero attached hydrogens (tertiary/aromatic N) is 1. The van der Waals surface area contributed by atoms with Crippen LogP contribution in [0.25, 0.3) is 0 Å². The lowest BCUT2D eigenvalue weighted by molar-refractivity contribution is -0.256. The van der Waals surface area contributed by atoms with Crippen LogP contribution in [0, 0.1) is 6.92 Å². The summed E-state index contributed by atoms with van der Waals surface area (Å²) in [6, 6.07) is 2.30. The maximum atomic E-state index is 12.6. The number of ether oxygens (including phenoxy) is 1. The van der Waals surface area contributed by atoms with Crippen LogP contribution in [0.2, 0.25) is 0 Å². The number of carboxylic acid groups (broad SMARTS) is 1. The minimum absolute atomic E-state index is 0.224. The molecule has 0 radical (unpaired) electrons. The number of aliphatic carboxylic acids is 1. The number of nitrogens with one attached hydrogen (secondary N) is 1. The minimum Gasteiger partial charge on any atom is -0.508 e. The van der Waals surface area contributed by atoms with E-state index in [9.17, 15) is 33.0 Å². The number of sulfonamides is 1. The van der Waals surface area contributed by atoms with Crippen molar-refractivity contribution >= 4 is 27.9 Å². The van der Waals surface area contributed by atoms with Crippen molar-refractivity contribution in [3.63, 3.8) is 0 Å². The third-order valence-electron chi connectivity index (χ3n) is 4.24. The zero-order chi connectivity index (χ0) is 20.0. The van der Waals surface area contributed by atoms with Crippen LogP contribution in [0.4, 0.5) is 0 Å². The van der Waals surface area contributed by atoms with E-state index in [-0.39, 0.29) is 23.5 Å². The van der Waals surface area contributed by atoms with Crippen molar-refractivity contribution in [2.24, 2.45) is 0 Å². The monoisotopic (exact) mass is 400 g/mol. The molecule has 1 unspecified atom stereocenters. The Bertz CT molecular complexity index is 929. The van der Waals surface area contributed by atoms with Crippen molar-refractivity contribution in [2.75, 3.05) is 6.61 Å². The van der Waals surface area contributed by atoms with Crippen molar-refractivity contribution in [2.45, 2.75) is 36.4 Å². The summed E-state index contributed by atoms with van der Waals surface area (Å²) in [5.74, 6) is -3.70. The molecule has 146 valence electrons. The summed E-state index contributed by atoms with van der Waals surface area (Å²) < 4.78 is 32.0. The van der Waals surface area contributed by atoms with Gasteiger partial charge in [0.05, 0.1) is 11.3 Å². The van der Waals surface area contributed by atoms with E-state index in [2.05, 4.69) is 4.72 Å². The van der Waals surface area contributed by atoms with Gasteiger partial charge in [-0.2, -0.15) is 9.79 Å². The van der Waals surface area contributed by atoms with Crippen LogP contribution in [-0.2, 0) is 34.0 Å². The summed E-state index contributed by atoms with van der Waals surface area (Å²) in [5.41, 5.74) is -2.00. The van der Waals surface area contributed by atoms with E-state index in [4.69, 9.17) is 9.57 Å². The standard InChI is InChI=1S/C15H16N2O9S/c1-8-2-3-9(18)6-11(8)27(23,24)16-10-7-25-17(13(10)20)15(14(21)22)5-4-12(19)26-15/h2-3,6,10,16,18H,4-5,7H2,1H3,(H,21,22)/t10-,15?/m0/s1. The second-order valence-electron chi connectivity index (χ2n) is 6.12. The predicted molar refractivity (Wildman–Crippen MR) is 85.4 cm³/mol. The molecule has 0 saturated carbocycles. The van der Waals surface area contributed by atoms with Crippen molar-refractivity contribution in [3.05, 3.63) is 23.8 Å². The summed E-state index contributed by atoms with van der Waals surface area (Å²) in [7, 11) is -4.22. The molecule has 2 aliphatic rings. The van der Waals surface area contributed by atoms with Gasteiger partial charge in [0.25, 0.3) is 5.91 Å². The van der Waals surface area contributed by atoms with Crippen LogP contribution in [0.5, 0.6) is 5.75 Å².